The first-order chi connectivity index (χ1) is 9.59. The number of hydrogen-bond donors (Lipinski definition) is 0. The van der Waals surface area contributed by atoms with Gasteiger partial charge in [-0.05, 0) is 19.3 Å². The molecule has 2 rings (SSSR count). The van der Waals surface area contributed by atoms with Gasteiger partial charge in [-0.15, -0.1) is 0 Å². The van der Waals surface area contributed by atoms with E-state index in [1.807, 2.05) is 0 Å². The Morgan fingerprint density at radius 3 is 2.33 bits per heavy atom. The Labute approximate surface area is 115 Å². The number of hydrogen-bond acceptors (Lipinski definition) is 2. The minimum absolute atomic E-state index is 0.00429. The molecule has 0 aliphatic heterocycles. The molecule has 0 amide bonds. The van der Waals surface area contributed by atoms with Gasteiger partial charge in [-0.3, -0.25) is 9.48 Å². The number of halogens is 6. The van der Waals surface area contributed by atoms with Crippen LogP contribution in [-0.4, -0.2) is 21.7 Å². The van der Waals surface area contributed by atoms with Crippen molar-refractivity contribution in [2.45, 2.75) is 51.0 Å². The molecule has 118 valence electrons. The number of carbonyl (C=O) groups excluding carboxylic acids is 1. The zero-order valence-corrected chi connectivity index (χ0v) is 10.8. The van der Waals surface area contributed by atoms with E-state index in [9.17, 15) is 31.1 Å². The van der Waals surface area contributed by atoms with Crippen molar-refractivity contribution < 1.29 is 31.1 Å². The van der Waals surface area contributed by atoms with Crippen molar-refractivity contribution in [3.63, 3.8) is 0 Å². The number of aromatic nitrogens is 2. The first kappa shape index (κ1) is 15.8. The van der Waals surface area contributed by atoms with Gasteiger partial charge in [-0.2, -0.15) is 31.4 Å². The molecule has 0 radical (unpaired) electrons. The van der Waals surface area contributed by atoms with Gasteiger partial charge in [0, 0.05) is 25.1 Å². The highest BCUT2D eigenvalue weighted by molar-refractivity contribution is 5.99. The van der Waals surface area contributed by atoms with Gasteiger partial charge >= 0.3 is 12.4 Å². The molecule has 0 aromatic carbocycles. The third-order valence-electron chi connectivity index (χ3n) is 3.25. The summed E-state index contributed by atoms with van der Waals surface area (Å²) in [4.78, 5) is 11.7. The van der Waals surface area contributed by atoms with Crippen molar-refractivity contribution in [3.05, 3.63) is 17.0 Å². The van der Waals surface area contributed by atoms with Crippen molar-refractivity contribution in [1.29, 1.82) is 0 Å². The Balaban J connectivity index is 2.28. The Bertz CT molecular complexity index is 543. The Kier molecular flexibility index (Phi) is 4.03. The highest BCUT2D eigenvalue weighted by Crippen LogP contribution is 2.36. The Morgan fingerprint density at radius 2 is 1.76 bits per heavy atom. The zero-order chi connectivity index (χ0) is 15.8. The number of rotatable bonds is 3. The monoisotopic (exact) mass is 314 g/mol. The summed E-state index contributed by atoms with van der Waals surface area (Å²) >= 11 is 0. The molecule has 1 heterocycles. The fourth-order valence-corrected chi connectivity index (χ4v) is 2.40. The molecule has 0 atom stereocenters. The van der Waals surface area contributed by atoms with Crippen molar-refractivity contribution in [1.82, 2.24) is 9.78 Å². The molecule has 3 nitrogen and oxygen atoms in total. The second kappa shape index (κ2) is 5.34. The summed E-state index contributed by atoms with van der Waals surface area (Å²) in [7, 11) is 0. The van der Waals surface area contributed by atoms with E-state index in [2.05, 4.69) is 5.10 Å². The molecule has 0 saturated heterocycles. The van der Waals surface area contributed by atoms with E-state index in [1.54, 1.807) is 0 Å². The predicted molar refractivity (Wildman–Crippen MR) is 59.8 cm³/mol. The van der Waals surface area contributed by atoms with Gasteiger partial charge in [0.25, 0.3) is 0 Å². The first-order valence-corrected chi connectivity index (χ1v) is 6.36. The maximum absolute atomic E-state index is 12.9. The lowest BCUT2D eigenvalue weighted by molar-refractivity contribution is -0.142. The summed E-state index contributed by atoms with van der Waals surface area (Å²) in [5, 5.41) is 3.34. The number of carbonyl (C=O) groups is 1. The summed E-state index contributed by atoms with van der Waals surface area (Å²) < 4.78 is 75.8. The predicted octanol–water partition coefficient (Wildman–Crippen LogP) is 3.76. The second-order valence-corrected chi connectivity index (χ2v) is 4.89. The van der Waals surface area contributed by atoms with Crippen molar-refractivity contribution in [2.75, 3.05) is 0 Å². The quantitative estimate of drug-likeness (QED) is 0.796. The number of ketones is 1. The number of nitrogens with zero attached hydrogens (tertiary/aromatic N) is 2. The highest BCUT2D eigenvalue weighted by Gasteiger charge is 2.42. The van der Waals surface area contributed by atoms with E-state index in [4.69, 9.17) is 0 Å². The Hall–Kier alpha value is -1.54. The van der Waals surface area contributed by atoms with Crippen LogP contribution in [-0.2, 0) is 19.1 Å². The largest absolute Gasteiger partial charge is 0.435 e. The molecule has 0 N–H and O–H groups in total. The van der Waals surface area contributed by atoms with Gasteiger partial charge in [-0.1, -0.05) is 0 Å². The molecule has 21 heavy (non-hydrogen) atoms. The molecule has 1 aromatic rings. The van der Waals surface area contributed by atoms with Crippen LogP contribution in [0.4, 0.5) is 26.3 Å². The average molecular weight is 314 g/mol. The third kappa shape index (κ3) is 3.56. The molecular weight excluding hydrogens is 302 g/mol. The van der Waals surface area contributed by atoms with E-state index in [-0.39, 0.29) is 31.5 Å². The van der Waals surface area contributed by atoms with Crippen LogP contribution in [0.25, 0.3) is 0 Å². The SMILES string of the molecule is O=C1CCCc2c1c(C(F)(F)F)nn2CCCC(F)(F)F. The molecular formula is C12H12F6N2O. The number of alkyl halides is 6. The third-order valence-corrected chi connectivity index (χ3v) is 3.25. The van der Waals surface area contributed by atoms with Crippen LogP contribution >= 0.6 is 0 Å². The fraction of sp³-hybridized carbons (Fsp3) is 0.667. The lowest BCUT2D eigenvalue weighted by atomic mass is 9.94. The number of fused-ring (bicyclic) bond motifs is 1. The van der Waals surface area contributed by atoms with E-state index < -0.39 is 35.8 Å². The lowest BCUT2D eigenvalue weighted by Crippen LogP contribution is -2.17. The fourth-order valence-electron chi connectivity index (χ4n) is 2.40. The van der Waals surface area contributed by atoms with Gasteiger partial charge in [0.2, 0.25) is 0 Å². The topological polar surface area (TPSA) is 34.9 Å². The van der Waals surface area contributed by atoms with E-state index in [0.717, 1.165) is 4.68 Å². The molecule has 0 bridgehead atoms. The minimum atomic E-state index is -4.79. The van der Waals surface area contributed by atoms with E-state index in [1.165, 1.54) is 0 Å². The van der Waals surface area contributed by atoms with Crippen molar-refractivity contribution in [2.24, 2.45) is 0 Å². The summed E-state index contributed by atoms with van der Waals surface area (Å²) in [6, 6.07) is 0. The van der Waals surface area contributed by atoms with Crippen LogP contribution in [0.3, 0.4) is 0 Å². The summed E-state index contributed by atoms with van der Waals surface area (Å²) in [6.45, 7) is -0.287. The second-order valence-electron chi connectivity index (χ2n) is 4.89. The molecule has 0 spiro atoms. The van der Waals surface area contributed by atoms with Gasteiger partial charge in [-0.25, -0.2) is 0 Å². The average Bonchev–Trinajstić information content (AvgIpc) is 2.68. The van der Waals surface area contributed by atoms with Crippen LogP contribution in [0, 0.1) is 0 Å². The van der Waals surface area contributed by atoms with Crippen LogP contribution in [0.1, 0.15) is 47.4 Å². The molecule has 0 fully saturated rings. The van der Waals surface area contributed by atoms with Crippen LogP contribution < -0.4 is 0 Å². The van der Waals surface area contributed by atoms with Crippen molar-refractivity contribution in [3.8, 4) is 0 Å². The van der Waals surface area contributed by atoms with Crippen LogP contribution in [0.2, 0.25) is 0 Å². The van der Waals surface area contributed by atoms with Crippen LogP contribution in [0.15, 0.2) is 0 Å². The molecule has 0 unspecified atom stereocenters. The van der Waals surface area contributed by atoms with Gasteiger partial charge in [0.1, 0.15) is 0 Å². The van der Waals surface area contributed by atoms with E-state index >= 15 is 0 Å². The van der Waals surface area contributed by atoms with Crippen LogP contribution in [0.5, 0.6) is 0 Å². The summed E-state index contributed by atoms with van der Waals surface area (Å²) in [5.74, 6) is -0.648. The lowest BCUT2D eigenvalue weighted by Gasteiger charge is -2.14. The summed E-state index contributed by atoms with van der Waals surface area (Å²) in [5.41, 5.74) is -1.66. The number of Topliss-reactive ketones (excluding diaryl/α,β-unsaturated/α-hetero) is 1. The maximum atomic E-state index is 12.9. The first-order valence-electron chi connectivity index (χ1n) is 6.36. The van der Waals surface area contributed by atoms with Gasteiger partial charge in [0.05, 0.1) is 5.56 Å². The maximum Gasteiger partial charge on any atom is 0.435 e. The van der Waals surface area contributed by atoms with Crippen molar-refractivity contribution >= 4 is 5.78 Å². The summed E-state index contributed by atoms with van der Waals surface area (Å²) in [6.07, 6.45) is -10.0. The Morgan fingerprint density at radius 1 is 1.10 bits per heavy atom. The minimum Gasteiger partial charge on any atom is -0.294 e. The molecule has 0 saturated carbocycles. The van der Waals surface area contributed by atoms with Gasteiger partial charge in [0.15, 0.2) is 11.5 Å². The van der Waals surface area contributed by atoms with E-state index in [0.29, 0.717) is 6.42 Å². The molecule has 9 heteroatoms. The molecule has 1 aliphatic carbocycles. The van der Waals surface area contributed by atoms with Gasteiger partial charge < -0.3 is 0 Å². The number of aryl methyl sites for hydroxylation is 1. The molecule has 1 aromatic heterocycles. The molecule has 1 aliphatic rings. The highest BCUT2D eigenvalue weighted by atomic mass is 19.4. The standard InChI is InChI=1S/C12H12F6N2O/c13-11(14,15)5-2-6-20-7-3-1-4-8(21)9(7)10(19-20)12(16,17)18/h1-6H2. The normalized spacial score (nSPS) is 16.2. The smallest absolute Gasteiger partial charge is 0.294 e. The zero-order valence-electron chi connectivity index (χ0n) is 10.8.